The van der Waals surface area contributed by atoms with Crippen LogP contribution >= 0.6 is 0 Å². The average Bonchev–Trinajstić information content (AvgIpc) is 3.21. The van der Waals surface area contributed by atoms with E-state index in [1.807, 2.05) is 12.1 Å². The van der Waals surface area contributed by atoms with Crippen LogP contribution in [0, 0.1) is 0 Å². The highest BCUT2D eigenvalue weighted by Gasteiger charge is 2.22. The van der Waals surface area contributed by atoms with Gasteiger partial charge >= 0.3 is 0 Å². The topological polar surface area (TPSA) is 79.5 Å². The largest absolute Gasteiger partial charge is 0.376 e. The van der Waals surface area contributed by atoms with E-state index >= 15 is 0 Å². The van der Waals surface area contributed by atoms with Crippen molar-refractivity contribution in [3.63, 3.8) is 0 Å². The Morgan fingerprint density at radius 3 is 2.70 bits per heavy atom. The molecule has 1 aromatic rings. The van der Waals surface area contributed by atoms with Crippen molar-refractivity contribution in [3.05, 3.63) is 24.3 Å². The number of carbonyl (C=O) groups is 2. The van der Waals surface area contributed by atoms with Crippen molar-refractivity contribution >= 4 is 23.2 Å². The maximum absolute atomic E-state index is 11.6. The van der Waals surface area contributed by atoms with Crippen LogP contribution < -0.4 is 16.0 Å². The van der Waals surface area contributed by atoms with Gasteiger partial charge in [0.2, 0.25) is 11.8 Å². The number of rotatable bonds is 7. The minimum Gasteiger partial charge on any atom is -0.376 e. The van der Waals surface area contributed by atoms with Crippen LogP contribution in [-0.4, -0.2) is 38.1 Å². The van der Waals surface area contributed by atoms with Gasteiger partial charge in [-0.3, -0.25) is 9.59 Å². The van der Waals surface area contributed by atoms with Crippen molar-refractivity contribution in [1.82, 2.24) is 5.32 Å². The lowest BCUT2D eigenvalue weighted by Crippen LogP contribution is -2.31. The van der Waals surface area contributed by atoms with Crippen molar-refractivity contribution in [2.75, 3.05) is 30.9 Å². The van der Waals surface area contributed by atoms with E-state index in [0.29, 0.717) is 11.7 Å². The van der Waals surface area contributed by atoms with Gasteiger partial charge in [-0.2, -0.15) is 0 Å². The molecule has 0 heterocycles. The highest BCUT2D eigenvalue weighted by molar-refractivity contribution is 5.92. The van der Waals surface area contributed by atoms with Crippen LogP contribution in [0.5, 0.6) is 0 Å². The molecule has 1 fully saturated rings. The van der Waals surface area contributed by atoms with Gasteiger partial charge in [-0.1, -0.05) is 6.07 Å². The number of benzene rings is 1. The van der Waals surface area contributed by atoms with Gasteiger partial charge in [-0.25, -0.2) is 0 Å². The van der Waals surface area contributed by atoms with Crippen LogP contribution in [0.25, 0.3) is 0 Å². The zero-order chi connectivity index (χ0) is 14.4. The van der Waals surface area contributed by atoms with E-state index in [4.69, 9.17) is 4.74 Å². The molecule has 0 aromatic heterocycles. The molecular weight excluding hydrogens is 258 g/mol. The summed E-state index contributed by atoms with van der Waals surface area (Å²) in [5.41, 5.74) is 1.45. The lowest BCUT2D eigenvalue weighted by molar-refractivity contribution is -0.120. The molecular formula is C14H19N3O3. The molecule has 0 spiro atoms. The Morgan fingerprint density at radius 2 is 2.00 bits per heavy atom. The zero-order valence-electron chi connectivity index (χ0n) is 11.4. The molecule has 108 valence electrons. The second kappa shape index (κ2) is 6.91. The molecule has 1 aromatic carbocycles. The number of nitrogens with one attached hydrogen (secondary N) is 3. The Labute approximate surface area is 117 Å². The highest BCUT2D eigenvalue weighted by Crippen LogP contribution is 2.18. The molecule has 1 saturated carbocycles. The van der Waals surface area contributed by atoms with Crippen LogP contribution in [0.3, 0.4) is 0 Å². The Kier molecular flexibility index (Phi) is 4.95. The number of carbonyl (C=O) groups excluding carboxylic acids is 2. The first-order chi connectivity index (χ1) is 9.67. The SMILES string of the molecule is COCC(=O)Nc1cccc(NCC(=O)NC2CC2)c1. The zero-order valence-corrected chi connectivity index (χ0v) is 11.4. The molecule has 0 aliphatic heterocycles. The molecule has 2 rings (SSSR count). The van der Waals surface area contributed by atoms with Crippen molar-refractivity contribution in [2.24, 2.45) is 0 Å². The van der Waals surface area contributed by atoms with Crippen LogP contribution in [-0.2, 0) is 14.3 Å². The summed E-state index contributed by atoms with van der Waals surface area (Å²) in [7, 11) is 1.47. The summed E-state index contributed by atoms with van der Waals surface area (Å²) in [6.45, 7) is 0.243. The second-order valence-corrected chi connectivity index (χ2v) is 4.76. The molecule has 3 N–H and O–H groups in total. The summed E-state index contributed by atoms with van der Waals surface area (Å²) >= 11 is 0. The van der Waals surface area contributed by atoms with Crippen molar-refractivity contribution in [1.29, 1.82) is 0 Å². The van der Waals surface area contributed by atoms with E-state index < -0.39 is 0 Å². The molecule has 0 radical (unpaired) electrons. The van der Waals surface area contributed by atoms with Gasteiger partial charge in [-0.15, -0.1) is 0 Å². The van der Waals surface area contributed by atoms with Crippen LogP contribution in [0.15, 0.2) is 24.3 Å². The number of hydrogen-bond acceptors (Lipinski definition) is 4. The molecule has 2 amide bonds. The number of anilines is 2. The molecule has 1 aliphatic carbocycles. The smallest absolute Gasteiger partial charge is 0.250 e. The first-order valence-corrected chi connectivity index (χ1v) is 6.59. The number of amides is 2. The van der Waals surface area contributed by atoms with Crippen molar-refractivity contribution in [2.45, 2.75) is 18.9 Å². The third kappa shape index (κ3) is 4.89. The minimum absolute atomic E-state index is 0.0127. The van der Waals surface area contributed by atoms with Gasteiger partial charge in [-0.05, 0) is 31.0 Å². The predicted molar refractivity (Wildman–Crippen MR) is 76.6 cm³/mol. The van der Waals surface area contributed by atoms with Gasteiger partial charge in [0, 0.05) is 24.5 Å². The van der Waals surface area contributed by atoms with E-state index in [9.17, 15) is 9.59 Å². The van der Waals surface area contributed by atoms with Gasteiger partial charge in [0.1, 0.15) is 6.61 Å². The molecule has 6 nitrogen and oxygen atoms in total. The first kappa shape index (κ1) is 14.3. The first-order valence-electron chi connectivity index (χ1n) is 6.59. The Bertz CT molecular complexity index is 486. The predicted octanol–water partition coefficient (Wildman–Crippen LogP) is 0.962. The standard InChI is InChI=1S/C14H19N3O3/c1-20-9-14(19)17-12-4-2-3-11(7-12)15-8-13(18)16-10-5-6-10/h2-4,7,10,15H,5-6,8-9H2,1H3,(H,16,18)(H,17,19). The lowest BCUT2D eigenvalue weighted by atomic mass is 10.2. The van der Waals surface area contributed by atoms with Crippen LogP contribution in [0.1, 0.15) is 12.8 Å². The average molecular weight is 277 g/mol. The molecule has 0 unspecified atom stereocenters. The summed E-state index contributed by atoms with van der Waals surface area (Å²) in [5, 5.41) is 8.64. The van der Waals surface area contributed by atoms with Crippen LogP contribution in [0.2, 0.25) is 0 Å². The summed E-state index contributed by atoms with van der Waals surface area (Å²) in [5.74, 6) is -0.225. The van der Waals surface area contributed by atoms with Gasteiger partial charge in [0.05, 0.1) is 6.54 Å². The van der Waals surface area contributed by atoms with E-state index in [0.717, 1.165) is 18.5 Å². The van der Waals surface area contributed by atoms with Crippen molar-refractivity contribution in [3.8, 4) is 0 Å². The number of hydrogen-bond donors (Lipinski definition) is 3. The second-order valence-electron chi connectivity index (χ2n) is 4.76. The van der Waals surface area contributed by atoms with E-state index in [1.165, 1.54) is 7.11 Å². The Balaban J connectivity index is 1.81. The lowest BCUT2D eigenvalue weighted by Gasteiger charge is -2.09. The summed E-state index contributed by atoms with van der Waals surface area (Å²) < 4.78 is 4.75. The Hall–Kier alpha value is -2.08. The quantitative estimate of drug-likeness (QED) is 0.693. The fourth-order valence-corrected chi connectivity index (χ4v) is 1.72. The molecule has 0 saturated heterocycles. The summed E-state index contributed by atoms with van der Waals surface area (Å²) in [6, 6.07) is 7.57. The van der Waals surface area contributed by atoms with E-state index in [2.05, 4.69) is 16.0 Å². The van der Waals surface area contributed by atoms with E-state index in [1.54, 1.807) is 12.1 Å². The number of methoxy groups -OCH3 is 1. The summed E-state index contributed by atoms with van der Waals surface area (Å²) in [6.07, 6.45) is 2.15. The van der Waals surface area contributed by atoms with Gasteiger partial charge < -0.3 is 20.7 Å². The minimum atomic E-state index is -0.212. The van der Waals surface area contributed by atoms with Crippen molar-refractivity contribution < 1.29 is 14.3 Å². The third-order valence-electron chi connectivity index (χ3n) is 2.82. The highest BCUT2D eigenvalue weighted by atomic mass is 16.5. The van der Waals surface area contributed by atoms with Gasteiger partial charge in [0.25, 0.3) is 0 Å². The molecule has 0 bridgehead atoms. The third-order valence-corrected chi connectivity index (χ3v) is 2.82. The molecule has 0 atom stereocenters. The fraction of sp³-hybridized carbons (Fsp3) is 0.429. The Morgan fingerprint density at radius 1 is 1.25 bits per heavy atom. The summed E-state index contributed by atoms with van der Waals surface area (Å²) in [4.78, 5) is 23.0. The van der Waals surface area contributed by atoms with Crippen LogP contribution in [0.4, 0.5) is 11.4 Å². The number of ether oxygens (including phenoxy) is 1. The molecule has 6 heteroatoms. The molecule has 20 heavy (non-hydrogen) atoms. The normalized spacial score (nSPS) is 13.7. The maximum Gasteiger partial charge on any atom is 0.250 e. The fourth-order valence-electron chi connectivity index (χ4n) is 1.72. The monoisotopic (exact) mass is 277 g/mol. The maximum atomic E-state index is 11.6. The van der Waals surface area contributed by atoms with Gasteiger partial charge in [0.15, 0.2) is 0 Å². The van der Waals surface area contributed by atoms with E-state index in [-0.39, 0.29) is 25.0 Å². The molecule has 1 aliphatic rings.